The number of carbonyl (C=O) groups is 1. The van der Waals surface area contributed by atoms with Crippen molar-refractivity contribution in [1.82, 2.24) is 0 Å². The lowest BCUT2D eigenvalue weighted by atomic mass is 9.93. The van der Waals surface area contributed by atoms with Crippen molar-refractivity contribution in [3.8, 4) is 11.1 Å². The Kier molecular flexibility index (Phi) is 3.28. The minimum Gasteiger partial charge on any atom is -0.294 e. The summed E-state index contributed by atoms with van der Waals surface area (Å²) in [6, 6.07) is 10.4. The minimum absolute atomic E-state index is 0.121. The van der Waals surface area contributed by atoms with Crippen LogP contribution in [0.1, 0.15) is 28.4 Å². The van der Waals surface area contributed by atoms with Crippen molar-refractivity contribution in [3.05, 3.63) is 58.9 Å². The van der Waals surface area contributed by atoms with Gasteiger partial charge in [0.25, 0.3) is 0 Å². The smallest absolute Gasteiger partial charge is 0.160 e. The molecule has 0 saturated heterocycles. The Morgan fingerprint density at radius 2 is 1.67 bits per heavy atom. The van der Waals surface area contributed by atoms with Crippen LogP contribution in [0.25, 0.3) is 11.1 Å². The van der Waals surface area contributed by atoms with Crippen molar-refractivity contribution in [2.75, 3.05) is 0 Å². The van der Waals surface area contributed by atoms with E-state index in [9.17, 15) is 9.18 Å². The van der Waals surface area contributed by atoms with Crippen LogP contribution in [0.2, 0.25) is 0 Å². The molecule has 0 heterocycles. The van der Waals surface area contributed by atoms with Crippen LogP contribution in [0.4, 0.5) is 4.39 Å². The van der Waals surface area contributed by atoms with E-state index in [1.807, 2.05) is 26.0 Å². The van der Waals surface area contributed by atoms with E-state index in [-0.39, 0.29) is 11.6 Å². The standard InChI is InChI=1S/C16H15FO/c1-10-4-6-14(11(2)8-10)15-7-5-13(17)9-16(15)12(3)18/h4-9H,1-3H3. The molecule has 0 aliphatic heterocycles. The Morgan fingerprint density at radius 3 is 2.28 bits per heavy atom. The highest BCUT2D eigenvalue weighted by molar-refractivity contribution is 6.01. The first-order chi connectivity index (χ1) is 8.49. The summed E-state index contributed by atoms with van der Waals surface area (Å²) in [5.41, 5.74) is 4.46. The van der Waals surface area contributed by atoms with Crippen molar-refractivity contribution < 1.29 is 9.18 Å². The second-order valence-electron chi connectivity index (χ2n) is 4.56. The highest BCUT2D eigenvalue weighted by Crippen LogP contribution is 2.28. The van der Waals surface area contributed by atoms with Gasteiger partial charge in [-0.05, 0) is 49.6 Å². The van der Waals surface area contributed by atoms with Crippen molar-refractivity contribution in [3.63, 3.8) is 0 Å². The lowest BCUT2D eigenvalue weighted by molar-refractivity contribution is 0.101. The van der Waals surface area contributed by atoms with Crippen LogP contribution in [0.3, 0.4) is 0 Å². The third-order valence-electron chi connectivity index (χ3n) is 3.03. The third-order valence-corrected chi connectivity index (χ3v) is 3.03. The van der Waals surface area contributed by atoms with Gasteiger partial charge < -0.3 is 0 Å². The van der Waals surface area contributed by atoms with Crippen molar-refractivity contribution in [2.45, 2.75) is 20.8 Å². The molecule has 0 atom stereocenters. The quantitative estimate of drug-likeness (QED) is 0.717. The average molecular weight is 242 g/mol. The maximum absolute atomic E-state index is 13.2. The predicted octanol–water partition coefficient (Wildman–Crippen LogP) is 4.31. The molecule has 0 saturated carbocycles. The van der Waals surface area contributed by atoms with Crippen molar-refractivity contribution in [1.29, 1.82) is 0 Å². The van der Waals surface area contributed by atoms with E-state index in [0.29, 0.717) is 5.56 Å². The lowest BCUT2D eigenvalue weighted by Gasteiger charge is -2.11. The molecule has 0 radical (unpaired) electrons. The van der Waals surface area contributed by atoms with Crippen LogP contribution in [0, 0.1) is 19.7 Å². The van der Waals surface area contributed by atoms with E-state index in [4.69, 9.17) is 0 Å². The Hall–Kier alpha value is -1.96. The molecule has 0 aliphatic rings. The molecule has 0 fully saturated rings. The van der Waals surface area contributed by atoms with Crippen LogP contribution >= 0.6 is 0 Å². The molecule has 1 nitrogen and oxygen atoms in total. The van der Waals surface area contributed by atoms with Gasteiger partial charge in [0.05, 0.1) is 0 Å². The lowest BCUT2D eigenvalue weighted by Crippen LogP contribution is -1.98. The summed E-state index contributed by atoms with van der Waals surface area (Å²) in [5, 5.41) is 0. The first-order valence-corrected chi connectivity index (χ1v) is 5.87. The summed E-state index contributed by atoms with van der Waals surface area (Å²) in [5.74, 6) is -0.502. The Morgan fingerprint density at radius 1 is 1.00 bits per heavy atom. The third kappa shape index (κ3) is 2.33. The largest absolute Gasteiger partial charge is 0.294 e. The molecule has 2 aromatic rings. The fourth-order valence-electron chi connectivity index (χ4n) is 2.16. The number of hydrogen-bond acceptors (Lipinski definition) is 1. The Balaban J connectivity index is 2.67. The molecule has 0 bridgehead atoms. The van der Waals surface area contributed by atoms with Gasteiger partial charge in [-0.25, -0.2) is 4.39 Å². The summed E-state index contributed by atoms with van der Waals surface area (Å²) >= 11 is 0. The predicted molar refractivity (Wildman–Crippen MR) is 71.3 cm³/mol. The van der Waals surface area contributed by atoms with Gasteiger partial charge in [-0.2, -0.15) is 0 Å². The van der Waals surface area contributed by atoms with Crippen LogP contribution < -0.4 is 0 Å². The molecule has 0 N–H and O–H groups in total. The van der Waals surface area contributed by atoms with Gasteiger partial charge in [0.15, 0.2) is 5.78 Å². The number of halogens is 1. The molecule has 0 aromatic heterocycles. The summed E-state index contributed by atoms with van der Waals surface area (Å²) in [6.07, 6.45) is 0. The molecule has 0 aliphatic carbocycles. The number of carbonyl (C=O) groups excluding carboxylic acids is 1. The van der Waals surface area contributed by atoms with Crippen LogP contribution in [0.5, 0.6) is 0 Å². The topological polar surface area (TPSA) is 17.1 Å². The molecule has 92 valence electrons. The Labute approximate surface area is 106 Å². The van der Waals surface area contributed by atoms with E-state index in [1.165, 1.54) is 24.6 Å². The minimum atomic E-state index is -0.381. The van der Waals surface area contributed by atoms with Gasteiger partial charge in [0.2, 0.25) is 0 Å². The molecule has 0 unspecified atom stereocenters. The molecule has 2 rings (SSSR count). The van der Waals surface area contributed by atoms with Gasteiger partial charge in [0.1, 0.15) is 5.82 Å². The Bertz CT molecular complexity index is 614. The zero-order valence-corrected chi connectivity index (χ0v) is 10.8. The molecule has 0 amide bonds. The molecule has 18 heavy (non-hydrogen) atoms. The van der Waals surface area contributed by atoms with Gasteiger partial charge in [-0.15, -0.1) is 0 Å². The molecule has 0 spiro atoms. The molecular weight excluding hydrogens is 227 g/mol. The summed E-state index contributed by atoms with van der Waals surface area (Å²) < 4.78 is 13.2. The number of hydrogen-bond donors (Lipinski definition) is 0. The van der Waals surface area contributed by atoms with Crippen LogP contribution in [-0.2, 0) is 0 Å². The summed E-state index contributed by atoms with van der Waals surface area (Å²) in [6.45, 7) is 5.48. The monoisotopic (exact) mass is 242 g/mol. The molecule has 2 aromatic carbocycles. The van der Waals surface area contributed by atoms with E-state index in [2.05, 4.69) is 6.07 Å². The normalized spacial score (nSPS) is 10.4. The van der Waals surface area contributed by atoms with E-state index >= 15 is 0 Å². The van der Waals surface area contributed by atoms with Gasteiger partial charge in [-0.3, -0.25) is 4.79 Å². The van der Waals surface area contributed by atoms with Crippen LogP contribution in [-0.4, -0.2) is 5.78 Å². The zero-order chi connectivity index (χ0) is 13.3. The van der Waals surface area contributed by atoms with Crippen molar-refractivity contribution in [2.24, 2.45) is 0 Å². The average Bonchev–Trinajstić information content (AvgIpc) is 2.29. The van der Waals surface area contributed by atoms with Gasteiger partial charge in [-0.1, -0.05) is 29.8 Å². The summed E-state index contributed by atoms with van der Waals surface area (Å²) in [4.78, 5) is 11.6. The maximum Gasteiger partial charge on any atom is 0.160 e. The maximum atomic E-state index is 13.2. The fourth-order valence-corrected chi connectivity index (χ4v) is 2.16. The SMILES string of the molecule is CC(=O)c1cc(F)ccc1-c1ccc(C)cc1C. The van der Waals surface area contributed by atoms with Gasteiger partial charge in [0, 0.05) is 5.56 Å². The van der Waals surface area contributed by atoms with E-state index < -0.39 is 0 Å². The molecular formula is C16H15FO. The number of aryl methyl sites for hydroxylation is 2. The number of rotatable bonds is 2. The second kappa shape index (κ2) is 4.73. The first-order valence-electron chi connectivity index (χ1n) is 5.87. The summed E-state index contributed by atoms with van der Waals surface area (Å²) in [7, 11) is 0. The fraction of sp³-hybridized carbons (Fsp3) is 0.188. The van der Waals surface area contributed by atoms with Crippen molar-refractivity contribution >= 4 is 5.78 Å². The van der Waals surface area contributed by atoms with E-state index in [1.54, 1.807) is 6.07 Å². The zero-order valence-electron chi connectivity index (χ0n) is 10.8. The van der Waals surface area contributed by atoms with Gasteiger partial charge >= 0.3 is 0 Å². The number of ketones is 1. The highest BCUT2D eigenvalue weighted by Gasteiger charge is 2.12. The second-order valence-corrected chi connectivity index (χ2v) is 4.56. The number of benzene rings is 2. The first kappa shape index (κ1) is 12.5. The molecule has 2 heteroatoms. The highest BCUT2D eigenvalue weighted by atomic mass is 19.1. The number of Topliss-reactive ketones (excluding diaryl/α,β-unsaturated/α-hetero) is 1. The van der Waals surface area contributed by atoms with Crippen LogP contribution in [0.15, 0.2) is 36.4 Å². The van der Waals surface area contributed by atoms with E-state index in [0.717, 1.165) is 16.7 Å².